The van der Waals surface area contributed by atoms with Crippen LogP contribution in [0.1, 0.15) is 33.7 Å². The van der Waals surface area contributed by atoms with Crippen molar-refractivity contribution in [2.45, 2.75) is 19.0 Å². The van der Waals surface area contributed by atoms with Crippen molar-refractivity contribution in [2.24, 2.45) is 0 Å². The molecule has 0 atom stereocenters. The Morgan fingerprint density at radius 3 is 2.62 bits per heavy atom. The Kier molecular flexibility index (Phi) is 3.92. The average Bonchev–Trinajstić information content (AvgIpc) is 3.03. The number of allylic oxidation sites excluding steroid dienone is 1. The summed E-state index contributed by atoms with van der Waals surface area (Å²) in [6.45, 7) is 0. The second-order valence-corrected chi connectivity index (χ2v) is 5.06. The highest BCUT2D eigenvalue weighted by atomic mass is 19.4. The number of alkyl halides is 3. The third kappa shape index (κ3) is 3.05. The van der Waals surface area contributed by atoms with Gasteiger partial charge in [-0.05, 0) is 35.6 Å². The molecule has 0 amide bonds. The predicted molar refractivity (Wildman–Crippen MR) is 75.5 cm³/mol. The molecule has 0 saturated heterocycles. The second-order valence-electron chi connectivity index (χ2n) is 5.06. The zero-order chi connectivity index (χ0) is 17.3. The minimum Gasteiger partial charge on any atom is -0.381 e. The summed E-state index contributed by atoms with van der Waals surface area (Å²) < 4.78 is 40.4. The molecule has 1 aromatic heterocycles. The van der Waals surface area contributed by atoms with E-state index in [0.717, 1.165) is 11.1 Å². The normalized spacial score (nSPS) is 13.9. The van der Waals surface area contributed by atoms with E-state index >= 15 is 0 Å². The molecular weight excluding hydrogens is 327 g/mol. The van der Waals surface area contributed by atoms with Crippen molar-refractivity contribution in [2.75, 3.05) is 0 Å². The molecule has 1 aliphatic carbocycles. The molecule has 0 aliphatic heterocycles. The summed E-state index contributed by atoms with van der Waals surface area (Å²) >= 11 is 0. The first-order valence-electron chi connectivity index (χ1n) is 6.89. The predicted octanol–water partition coefficient (Wildman–Crippen LogP) is 2.54. The van der Waals surface area contributed by atoms with Gasteiger partial charge in [-0.2, -0.15) is 23.5 Å². The van der Waals surface area contributed by atoms with E-state index in [2.05, 4.69) is 20.1 Å². The summed E-state index contributed by atoms with van der Waals surface area (Å²) in [5.74, 6) is -4.09. The molecule has 1 aliphatic rings. The first-order valence-corrected chi connectivity index (χ1v) is 6.89. The Balaban J connectivity index is 1.88. The maximum absolute atomic E-state index is 12.2. The molecule has 0 unspecified atom stereocenters. The quantitative estimate of drug-likeness (QED) is 0.672. The first-order chi connectivity index (χ1) is 11.4. The monoisotopic (exact) mass is 337 g/mol. The number of nitrogens with one attached hydrogen (secondary N) is 1. The number of esters is 2. The van der Waals surface area contributed by atoms with E-state index in [-0.39, 0.29) is 5.69 Å². The number of fused-ring (bicyclic) bond motifs is 1. The third-order valence-corrected chi connectivity index (χ3v) is 3.51. The van der Waals surface area contributed by atoms with Crippen molar-refractivity contribution in [3.05, 3.63) is 46.8 Å². The van der Waals surface area contributed by atoms with Crippen molar-refractivity contribution in [1.82, 2.24) is 15.4 Å². The number of ether oxygens (including phenoxy) is 1. The van der Waals surface area contributed by atoms with E-state index < -0.39 is 23.8 Å². The number of H-pyrrole nitrogens is 1. The van der Waals surface area contributed by atoms with Crippen LogP contribution in [-0.4, -0.2) is 33.5 Å². The van der Waals surface area contributed by atoms with Gasteiger partial charge in [-0.3, -0.25) is 0 Å². The summed E-state index contributed by atoms with van der Waals surface area (Å²) in [5.41, 5.74) is 2.27. The van der Waals surface area contributed by atoms with Crippen LogP contribution in [0.3, 0.4) is 0 Å². The number of aryl methyl sites for hydroxylation is 1. The molecule has 1 aromatic carbocycles. The number of aromatic amines is 1. The van der Waals surface area contributed by atoms with Gasteiger partial charge in [0.15, 0.2) is 5.69 Å². The van der Waals surface area contributed by atoms with Gasteiger partial charge in [-0.25, -0.2) is 9.59 Å². The summed E-state index contributed by atoms with van der Waals surface area (Å²) in [7, 11) is 0. The largest absolute Gasteiger partial charge is 0.491 e. The van der Waals surface area contributed by atoms with E-state index in [1.807, 2.05) is 24.3 Å². The molecule has 124 valence electrons. The van der Waals surface area contributed by atoms with Gasteiger partial charge >= 0.3 is 18.1 Å². The summed E-state index contributed by atoms with van der Waals surface area (Å²) in [6, 6.07) is 7.58. The summed E-state index contributed by atoms with van der Waals surface area (Å²) in [5, 5.41) is 9.50. The molecule has 6 nitrogen and oxygen atoms in total. The highest BCUT2D eigenvalue weighted by molar-refractivity contribution is 6.01. The molecule has 0 saturated carbocycles. The lowest BCUT2D eigenvalue weighted by molar-refractivity contribution is -0.193. The number of hydrogen-bond acceptors (Lipinski definition) is 5. The number of hydrogen-bond donors (Lipinski definition) is 1. The maximum Gasteiger partial charge on any atom is 0.491 e. The maximum atomic E-state index is 12.2. The molecule has 1 heterocycles. The summed E-state index contributed by atoms with van der Waals surface area (Å²) in [6.07, 6.45) is -2.27. The van der Waals surface area contributed by atoms with E-state index in [4.69, 9.17) is 0 Å². The average molecular weight is 337 g/mol. The Hall–Kier alpha value is -2.97. The molecule has 2 aromatic rings. The van der Waals surface area contributed by atoms with Crippen LogP contribution in [0.5, 0.6) is 0 Å². The number of halogens is 3. The number of carbonyl (C=O) groups excluding carboxylic acids is 2. The highest BCUT2D eigenvalue weighted by Crippen LogP contribution is 2.30. The van der Waals surface area contributed by atoms with E-state index in [0.29, 0.717) is 18.4 Å². The fraction of sp³-hybridized carbons (Fsp3) is 0.200. The van der Waals surface area contributed by atoms with E-state index in [1.54, 1.807) is 6.08 Å². The molecule has 0 bridgehead atoms. The third-order valence-electron chi connectivity index (χ3n) is 3.51. The lowest BCUT2D eigenvalue weighted by atomic mass is 9.90. The van der Waals surface area contributed by atoms with Crippen LogP contribution in [0.4, 0.5) is 13.2 Å². The van der Waals surface area contributed by atoms with Crippen LogP contribution in [0.2, 0.25) is 0 Å². The SMILES string of the molecule is O=C(OC(=O)C(F)(F)F)c1n[nH]nc1C1=Cc2ccccc2CC1. The Morgan fingerprint density at radius 2 is 1.88 bits per heavy atom. The molecule has 3 rings (SSSR count). The molecular formula is C15H10F3N3O3. The molecule has 0 spiro atoms. The highest BCUT2D eigenvalue weighted by Gasteiger charge is 2.43. The lowest BCUT2D eigenvalue weighted by Crippen LogP contribution is -2.28. The standard InChI is InChI=1S/C15H10F3N3O3/c16-15(17,18)14(23)24-13(22)12-11(19-21-20-12)10-6-5-8-3-1-2-4-9(8)7-10/h1-4,7H,5-6H2,(H,19,20,21). The smallest absolute Gasteiger partial charge is 0.381 e. The van der Waals surface area contributed by atoms with Crippen molar-refractivity contribution < 1.29 is 27.5 Å². The van der Waals surface area contributed by atoms with Crippen molar-refractivity contribution in [3.63, 3.8) is 0 Å². The van der Waals surface area contributed by atoms with Gasteiger partial charge in [-0.1, -0.05) is 24.3 Å². The fourth-order valence-electron chi connectivity index (χ4n) is 2.41. The fourth-order valence-corrected chi connectivity index (χ4v) is 2.41. The molecule has 0 fully saturated rings. The van der Waals surface area contributed by atoms with Gasteiger partial charge in [0, 0.05) is 0 Å². The van der Waals surface area contributed by atoms with Crippen molar-refractivity contribution in [1.29, 1.82) is 0 Å². The molecule has 24 heavy (non-hydrogen) atoms. The van der Waals surface area contributed by atoms with Crippen LogP contribution in [0.25, 0.3) is 11.6 Å². The molecule has 0 radical (unpaired) electrons. The topological polar surface area (TPSA) is 84.9 Å². The lowest BCUT2D eigenvalue weighted by Gasteiger charge is -2.15. The van der Waals surface area contributed by atoms with Gasteiger partial charge < -0.3 is 4.74 Å². The number of benzene rings is 1. The van der Waals surface area contributed by atoms with Crippen LogP contribution in [0.15, 0.2) is 24.3 Å². The van der Waals surface area contributed by atoms with Crippen LogP contribution in [-0.2, 0) is 16.0 Å². The van der Waals surface area contributed by atoms with Crippen LogP contribution >= 0.6 is 0 Å². The number of nitrogens with zero attached hydrogens (tertiary/aromatic N) is 2. The summed E-state index contributed by atoms with van der Waals surface area (Å²) in [4.78, 5) is 22.6. The van der Waals surface area contributed by atoms with E-state index in [9.17, 15) is 22.8 Å². The van der Waals surface area contributed by atoms with E-state index in [1.165, 1.54) is 0 Å². The Labute approximate surface area is 133 Å². The van der Waals surface area contributed by atoms with Gasteiger partial charge in [-0.15, -0.1) is 5.10 Å². The molecule has 1 N–H and O–H groups in total. The number of rotatable bonds is 2. The second kappa shape index (κ2) is 5.91. The van der Waals surface area contributed by atoms with Crippen molar-refractivity contribution >= 4 is 23.6 Å². The van der Waals surface area contributed by atoms with Gasteiger partial charge in [0.1, 0.15) is 5.69 Å². The van der Waals surface area contributed by atoms with Crippen LogP contribution < -0.4 is 0 Å². The van der Waals surface area contributed by atoms with Crippen molar-refractivity contribution in [3.8, 4) is 0 Å². The zero-order valence-corrected chi connectivity index (χ0v) is 12.1. The Bertz CT molecular complexity index is 840. The van der Waals surface area contributed by atoms with Gasteiger partial charge in [0.25, 0.3) is 0 Å². The van der Waals surface area contributed by atoms with Gasteiger partial charge in [0.05, 0.1) is 0 Å². The molecule has 9 heteroatoms. The number of carbonyl (C=O) groups is 2. The Morgan fingerprint density at radius 1 is 1.12 bits per heavy atom. The zero-order valence-electron chi connectivity index (χ0n) is 12.1. The minimum atomic E-state index is -5.26. The van der Waals surface area contributed by atoms with Crippen LogP contribution in [0, 0.1) is 0 Å². The number of aromatic nitrogens is 3. The first kappa shape index (κ1) is 15.9. The minimum absolute atomic E-state index is 0.0736. The van der Waals surface area contributed by atoms with Gasteiger partial charge in [0.2, 0.25) is 0 Å².